The van der Waals surface area contributed by atoms with Crippen molar-refractivity contribution in [3.63, 3.8) is 0 Å². The molecule has 0 fully saturated rings. The van der Waals surface area contributed by atoms with Crippen LogP contribution < -0.4 is 0 Å². The monoisotopic (exact) mass is 242 g/mol. The predicted molar refractivity (Wildman–Crippen MR) is 64.0 cm³/mol. The first kappa shape index (κ1) is 13.2. The van der Waals surface area contributed by atoms with E-state index in [4.69, 9.17) is 0 Å². The van der Waals surface area contributed by atoms with Gasteiger partial charge < -0.3 is 5.11 Å². The van der Waals surface area contributed by atoms with Crippen LogP contribution in [0.25, 0.3) is 0 Å². The maximum atomic E-state index is 11.2. The molecule has 90 valence electrons. The van der Waals surface area contributed by atoms with E-state index in [-0.39, 0.29) is 0 Å². The molecule has 1 aromatic carbocycles. The molecule has 16 heavy (non-hydrogen) atoms. The summed E-state index contributed by atoms with van der Waals surface area (Å²) in [6.45, 7) is 2.07. The topological polar surface area (TPSA) is 54.4 Å². The van der Waals surface area contributed by atoms with Crippen molar-refractivity contribution in [3.8, 4) is 0 Å². The van der Waals surface area contributed by atoms with E-state index in [0.29, 0.717) is 11.3 Å². The lowest BCUT2D eigenvalue weighted by atomic mass is 10.0. The van der Waals surface area contributed by atoms with E-state index in [0.717, 1.165) is 18.4 Å². The summed E-state index contributed by atoms with van der Waals surface area (Å²) in [5, 5.41) is 9.80. The van der Waals surface area contributed by atoms with Crippen molar-refractivity contribution in [2.45, 2.75) is 37.2 Å². The van der Waals surface area contributed by atoms with Gasteiger partial charge in [-0.05, 0) is 24.1 Å². The number of hydrogen-bond donors (Lipinski definition) is 1. The van der Waals surface area contributed by atoms with E-state index >= 15 is 0 Å². The summed E-state index contributed by atoms with van der Waals surface area (Å²) in [7, 11) is -3.14. The summed E-state index contributed by atoms with van der Waals surface area (Å²) in [5.74, 6) is 0. The van der Waals surface area contributed by atoms with Gasteiger partial charge >= 0.3 is 0 Å². The van der Waals surface area contributed by atoms with Gasteiger partial charge in [-0.15, -0.1) is 0 Å². The van der Waals surface area contributed by atoms with Crippen molar-refractivity contribution >= 4 is 9.84 Å². The zero-order valence-electron chi connectivity index (χ0n) is 9.68. The molecule has 1 unspecified atom stereocenters. The van der Waals surface area contributed by atoms with Crippen LogP contribution in [-0.2, 0) is 9.84 Å². The molecule has 0 bridgehead atoms. The molecule has 1 N–H and O–H groups in total. The fourth-order valence-corrected chi connectivity index (χ4v) is 2.13. The molecule has 0 spiro atoms. The number of aliphatic hydroxyl groups excluding tert-OH is 1. The zero-order chi connectivity index (χ0) is 12.2. The van der Waals surface area contributed by atoms with Crippen LogP contribution in [0.3, 0.4) is 0 Å². The Balaban J connectivity index is 2.79. The average molecular weight is 242 g/mol. The molecule has 0 aliphatic rings. The van der Waals surface area contributed by atoms with Gasteiger partial charge in [0.15, 0.2) is 9.84 Å². The predicted octanol–water partition coefficient (Wildman–Crippen LogP) is 2.31. The first-order valence-electron chi connectivity index (χ1n) is 5.43. The Morgan fingerprint density at radius 1 is 1.25 bits per heavy atom. The molecule has 3 nitrogen and oxygen atoms in total. The normalized spacial score (nSPS) is 13.7. The molecular weight excluding hydrogens is 224 g/mol. The number of unbranched alkanes of at least 4 members (excludes halogenated alkanes) is 1. The Kier molecular flexibility index (Phi) is 4.50. The van der Waals surface area contributed by atoms with Crippen LogP contribution in [0.5, 0.6) is 0 Å². The summed E-state index contributed by atoms with van der Waals surface area (Å²) >= 11 is 0. The summed E-state index contributed by atoms with van der Waals surface area (Å²) < 4.78 is 22.4. The van der Waals surface area contributed by atoms with E-state index in [1.54, 1.807) is 24.3 Å². The molecule has 0 radical (unpaired) electrons. The minimum Gasteiger partial charge on any atom is -0.388 e. The van der Waals surface area contributed by atoms with Crippen LogP contribution in [0.1, 0.15) is 37.9 Å². The van der Waals surface area contributed by atoms with E-state index in [9.17, 15) is 13.5 Å². The van der Waals surface area contributed by atoms with Gasteiger partial charge in [-0.2, -0.15) is 0 Å². The number of benzene rings is 1. The minimum atomic E-state index is -3.14. The lowest BCUT2D eigenvalue weighted by Crippen LogP contribution is -2.00. The standard InChI is InChI=1S/C12H18O3S/c1-3-4-5-12(13)10-6-8-11(9-7-10)16(2,14)15/h6-9,12-13H,3-5H2,1-2H3. The Labute approximate surface area is 97.0 Å². The second-order valence-electron chi connectivity index (χ2n) is 4.00. The summed E-state index contributed by atoms with van der Waals surface area (Å²) in [5.41, 5.74) is 0.779. The molecule has 0 amide bonds. The molecule has 0 aliphatic heterocycles. The van der Waals surface area contributed by atoms with Crippen molar-refractivity contribution < 1.29 is 13.5 Å². The van der Waals surface area contributed by atoms with E-state index in [2.05, 4.69) is 6.92 Å². The van der Waals surface area contributed by atoms with Gasteiger partial charge in [0, 0.05) is 6.26 Å². The fourth-order valence-electron chi connectivity index (χ4n) is 1.50. The first-order valence-corrected chi connectivity index (χ1v) is 7.32. The molecule has 0 saturated carbocycles. The second-order valence-corrected chi connectivity index (χ2v) is 6.01. The Morgan fingerprint density at radius 2 is 1.81 bits per heavy atom. The fraction of sp³-hybridized carbons (Fsp3) is 0.500. The Bertz CT molecular complexity index is 420. The van der Waals surface area contributed by atoms with Gasteiger partial charge in [-0.3, -0.25) is 0 Å². The van der Waals surface area contributed by atoms with E-state index in [1.807, 2.05) is 0 Å². The number of rotatable bonds is 5. The summed E-state index contributed by atoms with van der Waals surface area (Å²) in [4.78, 5) is 0.291. The Hall–Kier alpha value is -0.870. The van der Waals surface area contributed by atoms with Gasteiger partial charge in [0.2, 0.25) is 0 Å². The van der Waals surface area contributed by atoms with Crippen molar-refractivity contribution in [2.75, 3.05) is 6.26 Å². The largest absolute Gasteiger partial charge is 0.388 e. The zero-order valence-corrected chi connectivity index (χ0v) is 10.5. The van der Waals surface area contributed by atoms with Gasteiger partial charge in [-0.25, -0.2) is 8.42 Å². The van der Waals surface area contributed by atoms with Crippen LogP contribution in [0, 0.1) is 0 Å². The van der Waals surface area contributed by atoms with Crippen molar-refractivity contribution in [2.24, 2.45) is 0 Å². The van der Waals surface area contributed by atoms with Gasteiger partial charge in [-0.1, -0.05) is 31.9 Å². The number of aliphatic hydroxyl groups is 1. The molecule has 1 aromatic rings. The maximum Gasteiger partial charge on any atom is 0.175 e. The van der Waals surface area contributed by atoms with E-state index in [1.165, 1.54) is 6.26 Å². The molecule has 4 heteroatoms. The number of sulfone groups is 1. The van der Waals surface area contributed by atoms with E-state index < -0.39 is 15.9 Å². The third-order valence-electron chi connectivity index (χ3n) is 2.52. The highest BCUT2D eigenvalue weighted by atomic mass is 32.2. The highest BCUT2D eigenvalue weighted by molar-refractivity contribution is 7.90. The van der Waals surface area contributed by atoms with Crippen LogP contribution in [0.15, 0.2) is 29.2 Å². The molecule has 0 aliphatic carbocycles. The quantitative estimate of drug-likeness (QED) is 0.862. The Morgan fingerprint density at radius 3 is 2.25 bits per heavy atom. The molecule has 1 rings (SSSR count). The second kappa shape index (κ2) is 5.46. The third-order valence-corrected chi connectivity index (χ3v) is 3.65. The SMILES string of the molecule is CCCCC(O)c1ccc(S(C)(=O)=O)cc1. The summed E-state index contributed by atoms with van der Waals surface area (Å²) in [6, 6.07) is 6.44. The van der Waals surface area contributed by atoms with Gasteiger partial charge in [0.1, 0.15) is 0 Å². The van der Waals surface area contributed by atoms with Crippen molar-refractivity contribution in [1.82, 2.24) is 0 Å². The molecule has 1 atom stereocenters. The van der Waals surface area contributed by atoms with Crippen molar-refractivity contribution in [1.29, 1.82) is 0 Å². The minimum absolute atomic E-state index is 0.291. The third kappa shape index (κ3) is 3.61. The highest BCUT2D eigenvalue weighted by Gasteiger charge is 2.10. The molecular formula is C12H18O3S. The van der Waals surface area contributed by atoms with Crippen LogP contribution in [0.4, 0.5) is 0 Å². The lowest BCUT2D eigenvalue weighted by Gasteiger charge is -2.10. The molecule has 0 saturated heterocycles. The highest BCUT2D eigenvalue weighted by Crippen LogP contribution is 2.20. The van der Waals surface area contributed by atoms with Crippen molar-refractivity contribution in [3.05, 3.63) is 29.8 Å². The van der Waals surface area contributed by atoms with Crippen LogP contribution >= 0.6 is 0 Å². The van der Waals surface area contributed by atoms with Gasteiger partial charge in [0.25, 0.3) is 0 Å². The molecule has 0 aromatic heterocycles. The summed E-state index contributed by atoms with van der Waals surface area (Å²) in [6.07, 6.45) is 3.41. The van der Waals surface area contributed by atoms with Crippen LogP contribution in [-0.4, -0.2) is 19.8 Å². The van der Waals surface area contributed by atoms with Gasteiger partial charge in [0.05, 0.1) is 11.0 Å². The number of hydrogen-bond acceptors (Lipinski definition) is 3. The van der Waals surface area contributed by atoms with Crippen LogP contribution in [0.2, 0.25) is 0 Å². The smallest absolute Gasteiger partial charge is 0.175 e. The maximum absolute atomic E-state index is 11.2. The average Bonchev–Trinajstić information content (AvgIpc) is 2.25. The molecule has 0 heterocycles. The lowest BCUT2D eigenvalue weighted by molar-refractivity contribution is 0.164. The first-order chi connectivity index (χ1) is 7.45.